The number of aryl methyl sites for hydroxylation is 7. The average molecular weight is 1170 g/mol. The van der Waals surface area contributed by atoms with E-state index in [1.54, 1.807) is 24.3 Å². The van der Waals surface area contributed by atoms with Crippen molar-refractivity contribution in [1.29, 1.82) is 0 Å². The first-order chi connectivity index (χ1) is 47.5. The van der Waals surface area contributed by atoms with Crippen molar-refractivity contribution >= 4 is 65.8 Å². The quantitative estimate of drug-likeness (QED) is 0.135. The summed E-state index contributed by atoms with van der Waals surface area (Å²) in [4.78, 5) is 0. The van der Waals surface area contributed by atoms with Gasteiger partial charge in [0.1, 0.15) is 54.6 Å². The van der Waals surface area contributed by atoms with E-state index in [-0.39, 0.29) is 0 Å². The molecular formula is C83H76N3O3+3. The smallest absolute Gasteiger partial charge is 0.216 e. The molecule has 0 bridgehead atoms. The molecule has 6 heteroatoms. The summed E-state index contributed by atoms with van der Waals surface area (Å²) in [7, 11) is 6.09. The van der Waals surface area contributed by atoms with Crippen molar-refractivity contribution in [3.05, 3.63) is 270 Å². The Morgan fingerprint density at radius 1 is 0.371 bits per heavy atom. The molecule has 0 N–H and O–H groups in total. The van der Waals surface area contributed by atoms with Crippen molar-refractivity contribution in [2.45, 2.75) is 67.5 Å². The summed E-state index contributed by atoms with van der Waals surface area (Å²) in [5.41, 5.74) is 23.5. The van der Waals surface area contributed by atoms with E-state index in [9.17, 15) is 0 Å². The Kier molecular flexibility index (Phi) is 12.5. The Balaban J connectivity index is 0.000000136. The molecule has 0 spiro atoms. The van der Waals surface area contributed by atoms with E-state index in [2.05, 4.69) is 164 Å². The third-order valence-electron chi connectivity index (χ3n) is 17.1. The number of aromatic nitrogens is 3. The van der Waals surface area contributed by atoms with Gasteiger partial charge in [0.2, 0.25) is 17.1 Å². The first-order valence-corrected chi connectivity index (χ1v) is 30.0. The van der Waals surface area contributed by atoms with Gasteiger partial charge >= 0.3 is 0 Å². The molecule has 0 saturated heterocycles. The van der Waals surface area contributed by atoms with Gasteiger partial charge in [-0.3, -0.25) is 0 Å². The highest BCUT2D eigenvalue weighted by Gasteiger charge is 2.25. The maximum atomic E-state index is 8.43. The molecule has 0 aliphatic rings. The molecule has 0 amide bonds. The lowest BCUT2D eigenvalue weighted by molar-refractivity contribution is -0.660. The molecule has 0 fully saturated rings. The molecule has 6 nitrogen and oxygen atoms in total. The number of benzene rings is 9. The van der Waals surface area contributed by atoms with Crippen LogP contribution in [-0.4, -0.2) is 0 Å². The highest BCUT2D eigenvalue weighted by molar-refractivity contribution is 6.12. The molecule has 0 aliphatic heterocycles. The minimum absolute atomic E-state index is 0.395. The zero-order valence-corrected chi connectivity index (χ0v) is 51.3. The van der Waals surface area contributed by atoms with E-state index in [0.717, 1.165) is 128 Å². The van der Waals surface area contributed by atoms with E-state index in [1.807, 2.05) is 111 Å². The number of fused-ring (bicyclic) bond motifs is 9. The lowest BCUT2D eigenvalue weighted by atomic mass is 9.97. The first kappa shape index (κ1) is 46.1. The summed E-state index contributed by atoms with van der Waals surface area (Å²) in [5.74, 6) is -4.26. The van der Waals surface area contributed by atoms with Crippen molar-refractivity contribution in [3.63, 3.8) is 0 Å². The number of para-hydroxylation sites is 3. The number of rotatable bonds is 9. The molecule has 0 aliphatic carbocycles. The number of hydrogen-bond donors (Lipinski definition) is 0. The standard InChI is InChI=1S/C29H28NO.C28H26NO.C26H22NO/c1-19(2)17-21-10-12-22(13-11-21)23-14-16-26(30(4)18-23)28-20(3)9-15-25-24-7-5-6-8-27(24)31-29(25)28;1-18(2)20-8-7-9-21(16-20)22-13-15-25(29(4)17-22)27-19(3)12-14-24-23-10-5-6-11-26(23)30-28(24)27;1-17-7-6-8-19(15-17)20-12-14-23(27(3)16-20)25-18(2)11-13-22-21-9-4-5-10-24(21)28-26(22)25/h5-16,18-19H,17H2,1-4H3;5-18H,1-4H3;4-16H,1-3H3/q3*+1/i1D3,2D3,19D;1D3,18D;. The van der Waals surface area contributed by atoms with Crippen molar-refractivity contribution < 1.29 is 42.0 Å². The summed E-state index contributed by atoms with van der Waals surface area (Å²) in [5, 5.41) is 6.67. The van der Waals surface area contributed by atoms with Gasteiger partial charge in [0.05, 0.1) is 16.7 Å². The zero-order valence-electron chi connectivity index (χ0n) is 62.3. The molecule has 6 heterocycles. The summed E-state index contributed by atoms with van der Waals surface area (Å²) in [6, 6.07) is 72.7. The second-order valence-corrected chi connectivity index (χ2v) is 23.4. The van der Waals surface area contributed by atoms with Crippen LogP contribution in [0.3, 0.4) is 0 Å². The van der Waals surface area contributed by atoms with Crippen LogP contribution in [0.25, 0.3) is 133 Å². The molecule has 0 saturated carbocycles. The van der Waals surface area contributed by atoms with Gasteiger partial charge in [-0.1, -0.05) is 197 Å². The Labute approximate surface area is 537 Å². The summed E-state index contributed by atoms with van der Waals surface area (Å²) < 4.78 is 111. The third kappa shape index (κ3) is 11.3. The van der Waals surface area contributed by atoms with E-state index >= 15 is 0 Å². The lowest BCUT2D eigenvalue weighted by Crippen LogP contribution is -2.31. The molecule has 15 rings (SSSR count). The van der Waals surface area contributed by atoms with Gasteiger partial charge in [-0.25, -0.2) is 13.7 Å². The highest BCUT2D eigenvalue weighted by Crippen LogP contribution is 2.41. The highest BCUT2D eigenvalue weighted by atomic mass is 16.3. The average Bonchev–Trinajstić information content (AvgIpc) is 1.40. The van der Waals surface area contributed by atoms with E-state index in [1.165, 1.54) is 34.6 Å². The van der Waals surface area contributed by atoms with Gasteiger partial charge in [0, 0.05) is 82.3 Å². The number of nitrogens with zero attached hydrogens (tertiary/aromatic N) is 3. The van der Waals surface area contributed by atoms with Crippen LogP contribution in [0.2, 0.25) is 0 Å². The van der Waals surface area contributed by atoms with Crippen LogP contribution < -0.4 is 13.7 Å². The first-order valence-electron chi connectivity index (χ1n) is 35.5. The van der Waals surface area contributed by atoms with Crippen LogP contribution in [0.4, 0.5) is 0 Å². The maximum Gasteiger partial charge on any atom is 0.216 e. The predicted octanol–water partition coefficient (Wildman–Crippen LogP) is 20.8. The minimum atomic E-state index is -2.94. The molecule has 6 aromatic heterocycles. The monoisotopic (exact) mass is 1170 g/mol. The molecular weight excluding hydrogens is 1090 g/mol. The Bertz CT molecular complexity index is 5630. The van der Waals surface area contributed by atoms with Gasteiger partial charge in [0.25, 0.3) is 0 Å². The largest absolute Gasteiger partial charge is 0.455 e. The fraction of sp³-hybridized carbons (Fsp3) is 0.169. The third-order valence-corrected chi connectivity index (χ3v) is 17.1. The van der Waals surface area contributed by atoms with Crippen molar-refractivity contribution in [1.82, 2.24) is 0 Å². The molecule has 0 radical (unpaired) electrons. The SMILES string of the molecule is Cc1cccc(-c2ccc(-c3c(C)ccc4c3oc3ccccc34)[n+](C)c2)c1.[2H]C([2H])([2H])C([2H])(C)c1cccc(-c2ccc(-c3c(C)ccc4c3oc3ccccc34)[n+](C)c2)c1.[2H]C([2H])([2H])C([2H])(Cc1ccc(-c2ccc(-c3c(C)ccc4c3oc3ccccc34)[n+](C)c2)cc1)C([2H])([2H])[2H]. The number of furan rings is 3. The molecule has 9 aromatic carbocycles. The van der Waals surface area contributed by atoms with Gasteiger partial charge in [-0.15, -0.1) is 0 Å². The second-order valence-electron chi connectivity index (χ2n) is 23.4. The van der Waals surface area contributed by atoms with E-state index in [4.69, 9.17) is 28.3 Å². The minimum Gasteiger partial charge on any atom is -0.455 e. The zero-order chi connectivity index (χ0) is 71.0. The predicted molar refractivity (Wildman–Crippen MR) is 369 cm³/mol. The molecule has 1 unspecified atom stereocenters. The normalized spacial score (nSPS) is 14.6. The van der Waals surface area contributed by atoms with Crippen LogP contribution >= 0.6 is 0 Å². The Hall–Kier alpha value is -10.2. The topological polar surface area (TPSA) is 51.1 Å². The fourth-order valence-electron chi connectivity index (χ4n) is 12.5. The summed E-state index contributed by atoms with van der Waals surface area (Å²) >= 11 is 0. The maximum absolute atomic E-state index is 8.43. The number of pyridine rings is 3. The van der Waals surface area contributed by atoms with E-state index in [0.29, 0.717) is 11.1 Å². The van der Waals surface area contributed by atoms with Crippen molar-refractivity contribution in [3.8, 4) is 67.2 Å². The van der Waals surface area contributed by atoms with E-state index < -0.39 is 38.8 Å². The fourth-order valence-corrected chi connectivity index (χ4v) is 12.5. The van der Waals surface area contributed by atoms with Crippen LogP contribution in [0.15, 0.2) is 250 Å². The van der Waals surface area contributed by atoms with Crippen LogP contribution in [0.1, 0.15) is 81.8 Å². The van der Waals surface area contributed by atoms with Crippen LogP contribution in [0, 0.1) is 33.6 Å². The lowest BCUT2D eigenvalue weighted by Gasteiger charge is -2.09. The van der Waals surface area contributed by atoms with Crippen molar-refractivity contribution in [2.75, 3.05) is 0 Å². The molecule has 89 heavy (non-hydrogen) atoms. The second kappa shape index (κ2) is 24.2. The Morgan fingerprint density at radius 2 is 0.764 bits per heavy atom. The van der Waals surface area contributed by atoms with Gasteiger partial charge in [-0.2, -0.15) is 0 Å². The van der Waals surface area contributed by atoms with Gasteiger partial charge < -0.3 is 13.3 Å². The molecule has 438 valence electrons. The van der Waals surface area contributed by atoms with Crippen LogP contribution in [-0.2, 0) is 27.6 Å². The van der Waals surface area contributed by atoms with Crippen molar-refractivity contribution in [2.24, 2.45) is 27.0 Å². The molecule has 1 atom stereocenters. The van der Waals surface area contributed by atoms with Gasteiger partial charge in [-0.05, 0) is 127 Å². The molecule has 15 aromatic rings. The van der Waals surface area contributed by atoms with Gasteiger partial charge in [0.15, 0.2) is 18.6 Å². The summed E-state index contributed by atoms with van der Waals surface area (Å²) in [6.45, 7) is 1.58. The Morgan fingerprint density at radius 3 is 1.17 bits per heavy atom. The van der Waals surface area contributed by atoms with Crippen LogP contribution in [0.5, 0.6) is 0 Å². The summed E-state index contributed by atoms with van der Waals surface area (Å²) in [6.07, 6.45) is 5.86. The number of hydrogen-bond acceptors (Lipinski definition) is 3.